The lowest BCUT2D eigenvalue weighted by Crippen LogP contribution is -2.14. The van der Waals surface area contributed by atoms with Crippen LogP contribution in [0.15, 0.2) is 11.1 Å². The zero-order valence-electron chi connectivity index (χ0n) is 7.66. The number of nitrogens with zero attached hydrogens (tertiary/aromatic N) is 1. The van der Waals surface area contributed by atoms with Gasteiger partial charge in [-0.3, -0.25) is 4.79 Å². The van der Waals surface area contributed by atoms with Crippen LogP contribution in [0.5, 0.6) is 0 Å². The molecule has 0 aromatic carbocycles. The first-order chi connectivity index (χ1) is 5.25. The Balaban J connectivity index is 5.09. The number of Topliss-reactive ketones (excluding diaryl/α,β-unsaturated/α-hetero) is 1. The maximum atomic E-state index is 11.0. The molecule has 0 spiro atoms. The smallest absolute Gasteiger partial charge is 0.180 e. The van der Waals surface area contributed by atoms with Crippen molar-refractivity contribution in [1.82, 2.24) is 4.90 Å². The number of carbonyl (C=O) groups is 1. The number of allylic oxidation sites excluding steroid dienone is 1. The number of hydrogen-bond donors (Lipinski definition) is 0. The molecule has 0 saturated heterocycles. The van der Waals surface area contributed by atoms with Gasteiger partial charge >= 0.3 is 0 Å². The summed E-state index contributed by atoms with van der Waals surface area (Å²) in [6.45, 7) is 1.23. The Kier molecular flexibility index (Phi) is 3.45. The van der Waals surface area contributed by atoms with Crippen molar-refractivity contribution in [2.75, 3.05) is 20.4 Å². The summed E-state index contributed by atoms with van der Waals surface area (Å²) in [5, 5.41) is 0. The molecule has 0 bridgehead atoms. The van der Waals surface area contributed by atoms with Crippen LogP contribution in [0.1, 0.15) is 6.92 Å². The lowest BCUT2D eigenvalue weighted by molar-refractivity contribution is -0.113. The molecule has 5 heteroatoms. The Labute approximate surface area is 72.8 Å². The van der Waals surface area contributed by atoms with Crippen molar-refractivity contribution in [3.05, 3.63) is 11.1 Å². The molecule has 0 atom stereocenters. The van der Waals surface area contributed by atoms with Crippen LogP contribution in [0.25, 0.3) is 0 Å². The normalized spacial score (nSPS) is 12.8. The summed E-state index contributed by atoms with van der Waals surface area (Å²) in [5.41, 5.74) is 0. The molecule has 0 aliphatic carbocycles. The van der Waals surface area contributed by atoms with Gasteiger partial charge in [-0.2, -0.15) is 0 Å². The summed E-state index contributed by atoms with van der Waals surface area (Å²) in [4.78, 5) is 12.2. The van der Waals surface area contributed by atoms with Crippen LogP contribution in [-0.2, 0) is 14.6 Å². The van der Waals surface area contributed by atoms with Gasteiger partial charge in [0.25, 0.3) is 0 Å². The largest absolute Gasteiger partial charge is 0.382 e. The molecule has 4 nitrogen and oxygen atoms in total. The lowest BCUT2D eigenvalue weighted by Gasteiger charge is -2.07. The highest BCUT2D eigenvalue weighted by atomic mass is 32.2. The number of rotatable bonds is 3. The Morgan fingerprint density at radius 1 is 1.33 bits per heavy atom. The number of ketones is 1. The molecule has 0 unspecified atom stereocenters. The van der Waals surface area contributed by atoms with Crippen LogP contribution in [0.2, 0.25) is 0 Å². The second-order valence-corrected chi connectivity index (χ2v) is 4.77. The van der Waals surface area contributed by atoms with Crippen LogP contribution in [-0.4, -0.2) is 39.5 Å². The highest BCUT2D eigenvalue weighted by Crippen LogP contribution is 2.05. The number of sulfone groups is 1. The summed E-state index contributed by atoms with van der Waals surface area (Å²) in [5.74, 6) is -0.439. The molecular formula is C7H13NO3S. The lowest BCUT2D eigenvalue weighted by atomic mass is 10.4. The minimum absolute atomic E-state index is 0.160. The summed E-state index contributed by atoms with van der Waals surface area (Å²) < 4.78 is 22.0. The van der Waals surface area contributed by atoms with Gasteiger partial charge in [0, 0.05) is 26.6 Å². The van der Waals surface area contributed by atoms with E-state index in [0.717, 1.165) is 6.26 Å². The van der Waals surface area contributed by atoms with Crippen molar-refractivity contribution in [3.63, 3.8) is 0 Å². The van der Waals surface area contributed by atoms with E-state index in [-0.39, 0.29) is 4.91 Å². The predicted molar refractivity (Wildman–Crippen MR) is 47.3 cm³/mol. The summed E-state index contributed by atoms with van der Waals surface area (Å²) in [7, 11) is -0.0677. The van der Waals surface area contributed by atoms with Crippen molar-refractivity contribution in [2.24, 2.45) is 0 Å². The fourth-order valence-electron chi connectivity index (χ4n) is 0.682. The van der Waals surface area contributed by atoms with E-state index >= 15 is 0 Å². The van der Waals surface area contributed by atoms with E-state index in [1.807, 2.05) is 0 Å². The van der Waals surface area contributed by atoms with Crippen LogP contribution in [0.4, 0.5) is 0 Å². The second-order valence-electron chi connectivity index (χ2n) is 2.79. The molecule has 0 aromatic rings. The Morgan fingerprint density at radius 2 is 1.75 bits per heavy atom. The van der Waals surface area contributed by atoms with E-state index in [2.05, 4.69) is 0 Å². The average Bonchev–Trinajstić information content (AvgIpc) is 1.79. The quantitative estimate of drug-likeness (QED) is 0.590. The van der Waals surface area contributed by atoms with Crippen LogP contribution >= 0.6 is 0 Å². The van der Waals surface area contributed by atoms with Gasteiger partial charge in [0.1, 0.15) is 4.91 Å². The molecule has 70 valence electrons. The van der Waals surface area contributed by atoms with Gasteiger partial charge in [-0.1, -0.05) is 0 Å². The molecule has 0 saturated carbocycles. The van der Waals surface area contributed by atoms with E-state index in [9.17, 15) is 13.2 Å². The fourth-order valence-corrected chi connectivity index (χ4v) is 1.61. The third-order valence-corrected chi connectivity index (χ3v) is 2.31. The highest BCUT2D eigenvalue weighted by Gasteiger charge is 2.16. The van der Waals surface area contributed by atoms with Crippen LogP contribution in [0.3, 0.4) is 0 Å². The monoisotopic (exact) mass is 191 g/mol. The van der Waals surface area contributed by atoms with Gasteiger partial charge in [0.05, 0.1) is 0 Å². The standard InChI is InChI=1S/C7H13NO3S/c1-6(9)7(5-8(2)3)12(4,10)11/h5H,1-4H3/b7-5+. The zero-order chi connectivity index (χ0) is 9.94. The van der Waals surface area contributed by atoms with Crippen molar-refractivity contribution >= 4 is 15.6 Å². The SMILES string of the molecule is CC(=O)/C(=C\N(C)C)S(C)(=O)=O. The number of hydrogen-bond acceptors (Lipinski definition) is 4. The fraction of sp³-hybridized carbons (Fsp3) is 0.571. The molecule has 12 heavy (non-hydrogen) atoms. The van der Waals surface area contributed by atoms with Gasteiger partial charge in [-0.15, -0.1) is 0 Å². The first kappa shape index (κ1) is 11.2. The molecule has 0 radical (unpaired) electrons. The molecule has 0 aliphatic heterocycles. The molecule has 0 heterocycles. The third-order valence-electron chi connectivity index (χ3n) is 1.12. The molecule has 0 rings (SSSR count). The zero-order valence-corrected chi connectivity index (χ0v) is 8.47. The van der Waals surface area contributed by atoms with E-state index < -0.39 is 15.6 Å². The molecule has 0 fully saturated rings. The maximum Gasteiger partial charge on any atom is 0.180 e. The summed E-state index contributed by atoms with van der Waals surface area (Å²) in [6.07, 6.45) is 2.32. The molecule has 0 aromatic heterocycles. The van der Waals surface area contributed by atoms with Gasteiger partial charge < -0.3 is 4.90 Å². The Morgan fingerprint density at radius 3 is 1.83 bits per heavy atom. The molecule has 0 aliphatic rings. The van der Waals surface area contributed by atoms with Crippen molar-refractivity contribution in [3.8, 4) is 0 Å². The second kappa shape index (κ2) is 3.71. The van der Waals surface area contributed by atoms with Crippen LogP contribution < -0.4 is 0 Å². The van der Waals surface area contributed by atoms with Gasteiger partial charge in [0.2, 0.25) is 0 Å². The Bertz CT molecular complexity index is 301. The summed E-state index contributed by atoms with van der Waals surface area (Å²) in [6, 6.07) is 0. The van der Waals surface area contributed by atoms with Crippen LogP contribution in [0, 0.1) is 0 Å². The van der Waals surface area contributed by atoms with Crippen molar-refractivity contribution in [2.45, 2.75) is 6.92 Å². The molecular weight excluding hydrogens is 178 g/mol. The minimum atomic E-state index is -3.39. The first-order valence-corrected chi connectivity index (χ1v) is 5.23. The predicted octanol–water partition coefficient (Wildman–Crippen LogP) is 0.0230. The number of carbonyl (C=O) groups excluding carboxylic acids is 1. The van der Waals surface area contributed by atoms with Crippen molar-refractivity contribution in [1.29, 1.82) is 0 Å². The third kappa shape index (κ3) is 3.52. The van der Waals surface area contributed by atoms with E-state index in [4.69, 9.17) is 0 Å². The van der Waals surface area contributed by atoms with Crippen molar-refractivity contribution < 1.29 is 13.2 Å². The van der Waals surface area contributed by atoms with Gasteiger partial charge in [0.15, 0.2) is 15.6 Å². The molecule has 0 N–H and O–H groups in total. The van der Waals surface area contributed by atoms with E-state index in [1.54, 1.807) is 14.1 Å². The van der Waals surface area contributed by atoms with E-state index in [0.29, 0.717) is 0 Å². The topological polar surface area (TPSA) is 54.5 Å². The van der Waals surface area contributed by atoms with Gasteiger partial charge in [-0.25, -0.2) is 8.42 Å². The average molecular weight is 191 g/mol. The maximum absolute atomic E-state index is 11.0. The minimum Gasteiger partial charge on any atom is -0.382 e. The molecule has 0 amide bonds. The van der Waals surface area contributed by atoms with Gasteiger partial charge in [-0.05, 0) is 6.92 Å². The summed E-state index contributed by atoms with van der Waals surface area (Å²) >= 11 is 0. The highest BCUT2D eigenvalue weighted by molar-refractivity contribution is 7.95. The first-order valence-electron chi connectivity index (χ1n) is 3.34. The Hall–Kier alpha value is -0.840. The van der Waals surface area contributed by atoms with E-state index in [1.165, 1.54) is 18.0 Å².